The molecule has 1 heterocycles. The molecule has 5 heteroatoms. The summed E-state index contributed by atoms with van der Waals surface area (Å²) in [4.78, 5) is 0. The first kappa shape index (κ1) is 25.1. The second-order valence-electron chi connectivity index (χ2n) is 11.2. The number of hydrogen-bond acceptors (Lipinski definition) is 2. The van der Waals surface area contributed by atoms with Crippen LogP contribution in [0.2, 0.25) is 0 Å². The van der Waals surface area contributed by atoms with Gasteiger partial charge in [0.15, 0.2) is 11.6 Å². The summed E-state index contributed by atoms with van der Waals surface area (Å²) < 4.78 is 56.1. The molecule has 0 N–H and O–H groups in total. The predicted molar refractivity (Wildman–Crippen MR) is 132 cm³/mol. The predicted octanol–water partition coefficient (Wildman–Crippen LogP) is 8.14. The van der Waals surface area contributed by atoms with Gasteiger partial charge in [-0.3, -0.25) is 0 Å². The normalized spacial score (nSPS) is 35.8. The highest BCUT2D eigenvalue weighted by molar-refractivity contribution is 5.32. The summed E-state index contributed by atoms with van der Waals surface area (Å²) in [6.07, 6.45) is 15.2. The molecule has 0 aromatic heterocycles. The van der Waals surface area contributed by atoms with Gasteiger partial charge in [0.05, 0.1) is 25.4 Å². The number of ether oxygens (including phenoxy) is 2. The summed E-state index contributed by atoms with van der Waals surface area (Å²) >= 11 is 0. The van der Waals surface area contributed by atoms with Crippen LogP contribution in [0.1, 0.15) is 94.1 Å². The highest BCUT2D eigenvalue weighted by atomic mass is 19.2. The van der Waals surface area contributed by atoms with Crippen molar-refractivity contribution in [3.63, 3.8) is 0 Å². The maximum absolute atomic E-state index is 15.1. The zero-order valence-corrected chi connectivity index (χ0v) is 20.9. The third-order valence-corrected chi connectivity index (χ3v) is 8.91. The highest BCUT2D eigenvalue weighted by Crippen LogP contribution is 2.42. The van der Waals surface area contributed by atoms with Crippen LogP contribution in [0.5, 0.6) is 0 Å². The van der Waals surface area contributed by atoms with E-state index in [4.69, 9.17) is 9.47 Å². The summed E-state index contributed by atoms with van der Waals surface area (Å²) in [5.74, 6) is -0.568. The van der Waals surface area contributed by atoms with Crippen LogP contribution in [0.3, 0.4) is 0 Å². The van der Waals surface area contributed by atoms with Gasteiger partial charge in [0, 0.05) is 11.8 Å². The van der Waals surface area contributed by atoms with Gasteiger partial charge in [-0.15, -0.1) is 0 Å². The highest BCUT2D eigenvalue weighted by Gasteiger charge is 2.36. The Bertz CT molecular complexity index is 922. The minimum atomic E-state index is -0.647. The van der Waals surface area contributed by atoms with E-state index in [1.54, 1.807) is 6.08 Å². The molecule has 1 aromatic carbocycles. The maximum atomic E-state index is 15.1. The van der Waals surface area contributed by atoms with Gasteiger partial charge in [-0.25, -0.2) is 13.2 Å². The first-order chi connectivity index (χ1) is 17.0. The van der Waals surface area contributed by atoms with E-state index in [-0.39, 0.29) is 41.7 Å². The Hall–Kier alpha value is -1.59. The van der Waals surface area contributed by atoms with Crippen LogP contribution < -0.4 is 0 Å². The van der Waals surface area contributed by atoms with E-state index in [2.05, 4.69) is 12.2 Å². The number of benzene rings is 1. The molecular formula is C30H39F3O2. The molecule has 2 nitrogen and oxygen atoms in total. The molecule has 1 saturated heterocycles. The monoisotopic (exact) mass is 488 g/mol. The van der Waals surface area contributed by atoms with Crippen molar-refractivity contribution in [3.8, 4) is 0 Å². The van der Waals surface area contributed by atoms with Gasteiger partial charge < -0.3 is 9.47 Å². The van der Waals surface area contributed by atoms with Crippen LogP contribution >= 0.6 is 0 Å². The second-order valence-corrected chi connectivity index (χ2v) is 11.2. The van der Waals surface area contributed by atoms with Gasteiger partial charge in [-0.2, -0.15) is 0 Å². The molecule has 0 radical (unpaired) electrons. The van der Waals surface area contributed by atoms with Crippen molar-refractivity contribution in [2.24, 2.45) is 17.8 Å². The second kappa shape index (κ2) is 11.2. The Balaban J connectivity index is 1.12. The standard InChI is InChI=1S/C30H39F3O2/c1-2-3-19-4-6-20(7-5-19)25-14-15-26(30(33)29(25)32)21-10-12-24(13-11-21)34-17-23-9-8-22(16-27(23)31)28-18-35-28/h2-3,14-16,19-24,28H,4-13,17-18H2,1H3/b3-2+. The fraction of sp³-hybridized carbons (Fsp3) is 0.667. The lowest BCUT2D eigenvalue weighted by atomic mass is 9.77. The van der Waals surface area contributed by atoms with E-state index in [9.17, 15) is 4.39 Å². The van der Waals surface area contributed by atoms with E-state index < -0.39 is 11.6 Å². The number of hydrogen-bond donors (Lipinski definition) is 0. The van der Waals surface area contributed by atoms with Crippen LogP contribution in [-0.4, -0.2) is 25.4 Å². The number of rotatable bonds is 7. The third kappa shape index (κ3) is 5.88. The van der Waals surface area contributed by atoms with Crippen molar-refractivity contribution in [2.75, 3.05) is 13.2 Å². The number of allylic oxidation sites excluding steroid dienone is 2. The fourth-order valence-electron chi connectivity index (χ4n) is 6.61. The molecule has 5 rings (SSSR count). The fourth-order valence-corrected chi connectivity index (χ4v) is 6.61. The Morgan fingerprint density at radius 2 is 1.46 bits per heavy atom. The summed E-state index contributed by atoms with van der Waals surface area (Å²) in [5, 5.41) is 0. The van der Waals surface area contributed by atoms with Crippen molar-refractivity contribution in [1.29, 1.82) is 0 Å². The van der Waals surface area contributed by atoms with Crippen LogP contribution in [0.25, 0.3) is 0 Å². The summed E-state index contributed by atoms with van der Waals surface area (Å²) in [6, 6.07) is 3.68. The van der Waals surface area contributed by atoms with Crippen molar-refractivity contribution < 1.29 is 22.6 Å². The molecule has 192 valence electrons. The largest absolute Gasteiger partial charge is 0.377 e. The SMILES string of the molecule is C/C=C/C1CCC(c2ccc(C3CCC(OCC4CCC(C5CO5)C=C4F)CC3)c(F)c2F)CC1. The Morgan fingerprint density at radius 1 is 0.857 bits per heavy atom. The molecule has 4 aliphatic rings. The van der Waals surface area contributed by atoms with Crippen molar-refractivity contribution >= 4 is 0 Å². The molecule has 3 unspecified atom stereocenters. The molecular weight excluding hydrogens is 449 g/mol. The first-order valence-corrected chi connectivity index (χ1v) is 13.7. The molecule has 0 bridgehead atoms. The average Bonchev–Trinajstić information content (AvgIpc) is 3.72. The number of halogens is 3. The lowest BCUT2D eigenvalue weighted by Crippen LogP contribution is -2.26. The molecule has 3 fully saturated rings. The summed E-state index contributed by atoms with van der Waals surface area (Å²) in [5.41, 5.74) is 1.07. The van der Waals surface area contributed by atoms with Gasteiger partial charge in [-0.05, 0) is 106 Å². The minimum absolute atomic E-state index is 0.0226. The molecule has 1 aromatic rings. The smallest absolute Gasteiger partial charge is 0.162 e. The van der Waals surface area contributed by atoms with Crippen LogP contribution in [-0.2, 0) is 9.47 Å². The van der Waals surface area contributed by atoms with Crippen molar-refractivity contribution in [1.82, 2.24) is 0 Å². The zero-order chi connectivity index (χ0) is 24.4. The van der Waals surface area contributed by atoms with Gasteiger partial charge in [0.25, 0.3) is 0 Å². The Kier molecular flexibility index (Phi) is 8.03. The molecule has 3 atom stereocenters. The quantitative estimate of drug-likeness (QED) is 0.285. The van der Waals surface area contributed by atoms with E-state index in [0.717, 1.165) is 70.8 Å². The Labute approximate surface area is 208 Å². The minimum Gasteiger partial charge on any atom is -0.377 e. The summed E-state index contributed by atoms with van der Waals surface area (Å²) in [6.45, 7) is 3.20. The van der Waals surface area contributed by atoms with Gasteiger partial charge >= 0.3 is 0 Å². The van der Waals surface area contributed by atoms with Crippen LogP contribution in [0.4, 0.5) is 13.2 Å². The van der Waals surface area contributed by atoms with E-state index in [0.29, 0.717) is 23.7 Å². The zero-order valence-electron chi connectivity index (χ0n) is 20.9. The number of epoxide rings is 1. The third-order valence-electron chi connectivity index (χ3n) is 8.91. The maximum Gasteiger partial charge on any atom is 0.162 e. The van der Waals surface area contributed by atoms with Gasteiger partial charge in [0.2, 0.25) is 0 Å². The van der Waals surface area contributed by atoms with Gasteiger partial charge in [-0.1, -0.05) is 24.3 Å². The topological polar surface area (TPSA) is 21.8 Å². The molecule has 0 amide bonds. The molecule has 0 spiro atoms. The van der Waals surface area contributed by atoms with E-state index >= 15 is 8.78 Å². The molecule has 2 saturated carbocycles. The first-order valence-electron chi connectivity index (χ1n) is 13.7. The Morgan fingerprint density at radius 3 is 2.00 bits per heavy atom. The van der Waals surface area contributed by atoms with E-state index in [1.807, 2.05) is 19.1 Å². The van der Waals surface area contributed by atoms with Crippen LogP contribution in [0.15, 0.2) is 36.2 Å². The van der Waals surface area contributed by atoms with Crippen molar-refractivity contribution in [3.05, 3.63) is 58.9 Å². The molecule has 35 heavy (non-hydrogen) atoms. The van der Waals surface area contributed by atoms with Crippen LogP contribution in [0, 0.1) is 29.4 Å². The lowest BCUT2D eigenvalue weighted by molar-refractivity contribution is 0.00336. The summed E-state index contributed by atoms with van der Waals surface area (Å²) in [7, 11) is 0. The van der Waals surface area contributed by atoms with Crippen molar-refractivity contribution in [2.45, 2.75) is 95.2 Å². The molecule has 1 aliphatic heterocycles. The molecule has 3 aliphatic carbocycles. The van der Waals surface area contributed by atoms with Gasteiger partial charge in [0.1, 0.15) is 5.83 Å². The average molecular weight is 489 g/mol. The van der Waals surface area contributed by atoms with E-state index in [1.165, 1.54) is 0 Å². The lowest BCUT2D eigenvalue weighted by Gasteiger charge is -2.32.